The molecule has 1 aliphatic rings. The van der Waals surface area contributed by atoms with E-state index in [1.807, 2.05) is 41.9 Å². The molecule has 2 aromatic rings. The van der Waals surface area contributed by atoms with E-state index in [0.29, 0.717) is 5.25 Å². The normalized spacial score (nSPS) is 24.7. The highest BCUT2D eigenvalue weighted by molar-refractivity contribution is 8.07. The fourth-order valence-electron chi connectivity index (χ4n) is 2.81. The van der Waals surface area contributed by atoms with Gasteiger partial charge in [-0.2, -0.15) is 23.5 Å². The standard InChI is InChI=1S/C16H19NOS2/c1-2-14-16(20-9-8-19-14)15(18)13-5-3-4-11-10-17-7-6-12(11)13/h3-7,10,14-16,18H,2,8-9H2,1H3. The first-order valence-corrected chi connectivity index (χ1v) is 9.15. The van der Waals surface area contributed by atoms with Crippen LogP contribution in [0.2, 0.25) is 0 Å². The Balaban J connectivity index is 1.97. The Labute approximate surface area is 128 Å². The van der Waals surface area contributed by atoms with Gasteiger partial charge >= 0.3 is 0 Å². The highest BCUT2D eigenvalue weighted by Gasteiger charge is 2.32. The molecule has 4 heteroatoms. The van der Waals surface area contributed by atoms with Gasteiger partial charge in [0.25, 0.3) is 0 Å². The SMILES string of the molecule is CCC1SCCSC1C(O)c1cccc2cnccc12. The summed E-state index contributed by atoms with van der Waals surface area (Å²) in [5, 5.41) is 14.0. The van der Waals surface area contributed by atoms with E-state index in [9.17, 15) is 5.11 Å². The molecule has 2 nitrogen and oxygen atoms in total. The Morgan fingerprint density at radius 1 is 1.30 bits per heavy atom. The number of thioether (sulfide) groups is 2. The van der Waals surface area contributed by atoms with Crippen molar-refractivity contribution in [1.29, 1.82) is 0 Å². The topological polar surface area (TPSA) is 33.1 Å². The summed E-state index contributed by atoms with van der Waals surface area (Å²) >= 11 is 3.93. The third kappa shape index (κ3) is 2.69. The number of hydrogen-bond acceptors (Lipinski definition) is 4. The average molecular weight is 305 g/mol. The number of hydrogen-bond donors (Lipinski definition) is 1. The van der Waals surface area contributed by atoms with Crippen LogP contribution in [-0.2, 0) is 0 Å². The third-order valence-corrected chi connectivity index (χ3v) is 7.17. The molecule has 20 heavy (non-hydrogen) atoms. The zero-order valence-corrected chi connectivity index (χ0v) is 13.2. The zero-order chi connectivity index (χ0) is 13.9. The monoisotopic (exact) mass is 305 g/mol. The predicted octanol–water partition coefficient (Wildman–Crippen LogP) is 3.90. The first kappa shape index (κ1) is 14.2. The minimum Gasteiger partial charge on any atom is -0.387 e. The van der Waals surface area contributed by atoms with Crippen molar-refractivity contribution >= 4 is 34.3 Å². The molecular weight excluding hydrogens is 286 g/mol. The summed E-state index contributed by atoms with van der Waals surface area (Å²) in [6.45, 7) is 2.22. The van der Waals surface area contributed by atoms with Crippen molar-refractivity contribution in [3.8, 4) is 0 Å². The van der Waals surface area contributed by atoms with Gasteiger partial charge < -0.3 is 5.11 Å². The lowest BCUT2D eigenvalue weighted by atomic mass is 9.98. The van der Waals surface area contributed by atoms with Crippen LogP contribution in [0, 0.1) is 0 Å². The van der Waals surface area contributed by atoms with E-state index in [0.717, 1.165) is 28.5 Å². The second-order valence-electron chi connectivity index (χ2n) is 5.04. The molecule has 0 amide bonds. The molecule has 3 unspecified atom stereocenters. The van der Waals surface area contributed by atoms with Crippen LogP contribution in [0.25, 0.3) is 10.8 Å². The van der Waals surface area contributed by atoms with Gasteiger partial charge in [0.05, 0.1) is 6.10 Å². The molecule has 2 heterocycles. The van der Waals surface area contributed by atoms with E-state index < -0.39 is 6.10 Å². The van der Waals surface area contributed by atoms with Gasteiger partial charge in [0, 0.05) is 39.8 Å². The van der Waals surface area contributed by atoms with Crippen LogP contribution in [0.3, 0.4) is 0 Å². The number of aliphatic hydroxyl groups excluding tert-OH is 1. The Hall–Kier alpha value is -0.710. The lowest BCUT2D eigenvalue weighted by Gasteiger charge is -2.33. The highest BCUT2D eigenvalue weighted by Crippen LogP contribution is 2.41. The highest BCUT2D eigenvalue weighted by atomic mass is 32.2. The molecule has 1 aromatic heterocycles. The molecule has 1 N–H and O–H groups in total. The summed E-state index contributed by atoms with van der Waals surface area (Å²) in [5.41, 5.74) is 1.04. The zero-order valence-electron chi connectivity index (χ0n) is 11.5. The predicted molar refractivity (Wildman–Crippen MR) is 89.5 cm³/mol. The molecule has 106 valence electrons. The second kappa shape index (κ2) is 6.37. The van der Waals surface area contributed by atoms with E-state index in [1.54, 1.807) is 6.20 Å². The van der Waals surface area contributed by atoms with E-state index >= 15 is 0 Å². The first-order valence-electron chi connectivity index (χ1n) is 7.05. The van der Waals surface area contributed by atoms with Crippen molar-refractivity contribution in [3.63, 3.8) is 0 Å². The first-order chi connectivity index (χ1) is 9.81. The van der Waals surface area contributed by atoms with Crippen LogP contribution in [0.4, 0.5) is 0 Å². The lowest BCUT2D eigenvalue weighted by molar-refractivity contribution is 0.174. The van der Waals surface area contributed by atoms with Gasteiger partial charge in [-0.25, -0.2) is 0 Å². The molecule has 1 fully saturated rings. The van der Waals surface area contributed by atoms with E-state index in [4.69, 9.17) is 0 Å². The summed E-state index contributed by atoms with van der Waals surface area (Å²) in [6.07, 6.45) is 4.39. The van der Waals surface area contributed by atoms with Gasteiger partial charge in [-0.1, -0.05) is 25.1 Å². The molecule has 0 saturated carbocycles. The van der Waals surface area contributed by atoms with Crippen molar-refractivity contribution in [2.45, 2.75) is 29.9 Å². The van der Waals surface area contributed by atoms with Gasteiger partial charge in [0.15, 0.2) is 0 Å². The number of fused-ring (bicyclic) bond motifs is 1. The fraction of sp³-hybridized carbons (Fsp3) is 0.438. The summed E-state index contributed by atoms with van der Waals surface area (Å²) < 4.78 is 0. The lowest BCUT2D eigenvalue weighted by Crippen LogP contribution is -2.31. The van der Waals surface area contributed by atoms with Crippen LogP contribution in [0.15, 0.2) is 36.7 Å². The maximum Gasteiger partial charge on any atom is 0.0925 e. The Morgan fingerprint density at radius 2 is 2.15 bits per heavy atom. The van der Waals surface area contributed by atoms with Crippen molar-refractivity contribution in [2.24, 2.45) is 0 Å². The summed E-state index contributed by atoms with van der Waals surface area (Å²) in [5.74, 6) is 2.33. The van der Waals surface area contributed by atoms with E-state index in [1.165, 1.54) is 5.75 Å². The molecular formula is C16H19NOS2. The molecule has 0 bridgehead atoms. The van der Waals surface area contributed by atoms with Crippen LogP contribution >= 0.6 is 23.5 Å². The Kier molecular flexibility index (Phi) is 4.54. The molecule has 0 radical (unpaired) electrons. The van der Waals surface area contributed by atoms with Gasteiger partial charge in [0.1, 0.15) is 0 Å². The van der Waals surface area contributed by atoms with Crippen LogP contribution < -0.4 is 0 Å². The number of aliphatic hydroxyl groups is 1. The number of pyridine rings is 1. The fourth-order valence-corrected chi connectivity index (χ4v) is 5.94. The number of nitrogens with zero attached hydrogens (tertiary/aromatic N) is 1. The smallest absolute Gasteiger partial charge is 0.0925 e. The van der Waals surface area contributed by atoms with E-state index in [2.05, 4.69) is 24.0 Å². The summed E-state index contributed by atoms with van der Waals surface area (Å²) in [4.78, 5) is 4.17. The largest absolute Gasteiger partial charge is 0.387 e. The number of aromatic nitrogens is 1. The van der Waals surface area contributed by atoms with Crippen molar-refractivity contribution in [1.82, 2.24) is 4.98 Å². The number of rotatable bonds is 3. The number of benzene rings is 1. The van der Waals surface area contributed by atoms with Crippen LogP contribution in [0.5, 0.6) is 0 Å². The molecule has 3 rings (SSSR count). The minimum absolute atomic E-state index is 0.289. The van der Waals surface area contributed by atoms with Crippen LogP contribution in [-0.4, -0.2) is 32.1 Å². The van der Waals surface area contributed by atoms with Crippen molar-refractivity contribution in [3.05, 3.63) is 42.2 Å². The molecule has 0 aliphatic carbocycles. The van der Waals surface area contributed by atoms with Crippen molar-refractivity contribution < 1.29 is 5.11 Å². The minimum atomic E-state index is -0.399. The van der Waals surface area contributed by atoms with Crippen molar-refractivity contribution in [2.75, 3.05) is 11.5 Å². The van der Waals surface area contributed by atoms with Gasteiger partial charge in [-0.3, -0.25) is 4.98 Å². The molecule has 1 saturated heterocycles. The maximum absolute atomic E-state index is 10.9. The average Bonchev–Trinajstić information content (AvgIpc) is 2.53. The Morgan fingerprint density at radius 3 is 3.00 bits per heavy atom. The van der Waals surface area contributed by atoms with E-state index in [-0.39, 0.29) is 5.25 Å². The quantitative estimate of drug-likeness (QED) is 0.932. The molecule has 0 spiro atoms. The third-order valence-electron chi connectivity index (χ3n) is 3.84. The second-order valence-corrected chi connectivity index (χ2v) is 7.67. The maximum atomic E-state index is 10.9. The molecule has 1 aromatic carbocycles. The van der Waals surface area contributed by atoms with Crippen LogP contribution in [0.1, 0.15) is 25.0 Å². The Bertz CT molecular complexity index is 584. The van der Waals surface area contributed by atoms with Gasteiger partial charge in [0.2, 0.25) is 0 Å². The molecule has 1 aliphatic heterocycles. The van der Waals surface area contributed by atoms with Gasteiger partial charge in [-0.15, -0.1) is 0 Å². The summed E-state index contributed by atoms with van der Waals surface area (Å²) in [7, 11) is 0. The molecule has 3 atom stereocenters. The van der Waals surface area contributed by atoms with Gasteiger partial charge in [-0.05, 0) is 23.4 Å². The summed E-state index contributed by atoms with van der Waals surface area (Å²) in [6, 6.07) is 8.14.